The average Bonchev–Trinajstić information content (AvgIpc) is 2.79. The summed E-state index contributed by atoms with van der Waals surface area (Å²) in [5.74, 6) is -4.37. The summed E-state index contributed by atoms with van der Waals surface area (Å²) in [6.07, 6.45) is 3.10. The molecule has 0 saturated carbocycles. The van der Waals surface area contributed by atoms with Gasteiger partial charge in [0, 0.05) is 18.5 Å². The number of hydrogen-bond donors (Lipinski definition) is 7. The number of amides is 3. The van der Waals surface area contributed by atoms with Gasteiger partial charge < -0.3 is 41.1 Å². The lowest BCUT2D eigenvalue weighted by atomic mass is 10.1. The molecule has 0 aliphatic heterocycles. The zero-order valence-electron chi connectivity index (χ0n) is 19.5. The molecule has 1 aromatic carbocycles. The summed E-state index contributed by atoms with van der Waals surface area (Å²) < 4.78 is 5.02. The molecule has 0 fully saturated rings. The van der Waals surface area contributed by atoms with Crippen LogP contribution in [-0.4, -0.2) is 69.0 Å². The molecule has 3 amide bonds. The van der Waals surface area contributed by atoms with E-state index < -0.39 is 42.4 Å². The van der Waals surface area contributed by atoms with Crippen molar-refractivity contribution in [3.8, 4) is 0 Å². The predicted octanol–water partition coefficient (Wildman–Crippen LogP) is 1.05. The Morgan fingerprint density at radius 3 is 2.14 bits per heavy atom. The Labute approximate surface area is 206 Å². The first-order valence-electron chi connectivity index (χ1n) is 10.7. The summed E-state index contributed by atoms with van der Waals surface area (Å²) in [4.78, 5) is 57.6. The van der Waals surface area contributed by atoms with E-state index in [-0.39, 0.29) is 31.8 Å². The van der Waals surface area contributed by atoms with Crippen LogP contribution in [0.25, 0.3) is 0 Å². The Balaban J connectivity index is 2.67. The summed E-state index contributed by atoms with van der Waals surface area (Å²) in [6, 6.07) is 2.26. The number of anilines is 1. The van der Waals surface area contributed by atoms with Crippen LogP contribution in [0.2, 0.25) is 0 Å². The van der Waals surface area contributed by atoms with Crippen molar-refractivity contribution < 1.29 is 49.1 Å². The van der Waals surface area contributed by atoms with E-state index in [1.165, 1.54) is 18.6 Å². The summed E-state index contributed by atoms with van der Waals surface area (Å²) in [6.45, 7) is 1.52. The van der Waals surface area contributed by atoms with E-state index in [0.29, 0.717) is 16.8 Å². The maximum Gasteiger partial charge on any atom is 0.326 e. The lowest BCUT2D eigenvalue weighted by molar-refractivity contribution is -0.140. The van der Waals surface area contributed by atoms with Crippen LogP contribution in [0, 0.1) is 0 Å². The van der Waals surface area contributed by atoms with Crippen molar-refractivity contribution in [1.29, 1.82) is 0 Å². The van der Waals surface area contributed by atoms with Crippen molar-refractivity contribution in [3.05, 3.63) is 54.0 Å². The van der Waals surface area contributed by atoms with Gasteiger partial charge in [-0.25, -0.2) is 14.4 Å². The van der Waals surface area contributed by atoms with E-state index in [1.54, 1.807) is 31.2 Å². The number of aliphatic hydroxyl groups is 1. The van der Waals surface area contributed by atoms with E-state index in [1.807, 2.05) is 0 Å². The van der Waals surface area contributed by atoms with Crippen molar-refractivity contribution >= 4 is 35.5 Å². The molecule has 1 rings (SSSR count). The van der Waals surface area contributed by atoms with Crippen LogP contribution in [0.15, 0.2) is 48.4 Å². The molecule has 0 bridgehead atoms. The molecule has 2 unspecified atom stereocenters. The predicted molar refractivity (Wildman–Crippen MR) is 126 cm³/mol. The Morgan fingerprint density at radius 1 is 0.972 bits per heavy atom. The monoisotopic (exact) mass is 507 g/mol. The lowest BCUT2D eigenvalue weighted by Gasteiger charge is -2.18. The van der Waals surface area contributed by atoms with Crippen LogP contribution in [-0.2, 0) is 30.3 Å². The maximum atomic E-state index is 12.1. The molecule has 0 saturated heterocycles. The number of ether oxygens (including phenoxy) is 1. The highest BCUT2D eigenvalue weighted by Gasteiger charge is 2.25. The van der Waals surface area contributed by atoms with Gasteiger partial charge in [0.15, 0.2) is 0 Å². The lowest BCUT2D eigenvalue weighted by Crippen LogP contribution is -2.51. The number of carboxylic acid groups (broad SMARTS) is 3. The van der Waals surface area contributed by atoms with Gasteiger partial charge in [-0.1, -0.05) is 12.1 Å². The SMILES string of the molecule is C/C(=C\O/C=C/CO)CC(=O)Nc1ccc(CC(NC(=O)NC(CCC(=O)O)C(=O)O)C(=O)O)cc1. The minimum Gasteiger partial charge on any atom is -0.481 e. The number of carboxylic acids is 3. The molecular weight excluding hydrogens is 478 g/mol. The molecule has 0 radical (unpaired) electrons. The average molecular weight is 507 g/mol. The van der Waals surface area contributed by atoms with Crippen molar-refractivity contribution in [2.45, 2.75) is 44.7 Å². The summed E-state index contributed by atoms with van der Waals surface area (Å²) in [5, 5.41) is 42.7. The number of urea groups is 1. The minimum absolute atomic E-state index is 0.0542. The van der Waals surface area contributed by atoms with Gasteiger partial charge in [-0.05, 0) is 42.7 Å². The number of benzene rings is 1. The highest BCUT2D eigenvalue weighted by molar-refractivity contribution is 5.92. The van der Waals surface area contributed by atoms with Crippen molar-refractivity contribution in [2.24, 2.45) is 0 Å². The van der Waals surface area contributed by atoms with Crippen LogP contribution >= 0.6 is 0 Å². The Kier molecular flexibility index (Phi) is 12.8. The first-order chi connectivity index (χ1) is 17.0. The summed E-state index contributed by atoms with van der Waals surface area (Å²) >= 11 is 0. The molecular formula is C23H29N3O10. The van der Waals surface area contributed by atoms with Gasteiger partial charge in [0.05, 0.1) is 25.6 Å². The Hall–Kier alpha value is -4.39. The largest absolute Gasteiger partial charge is 0.481 e. The molecule has 1 aromatic rings. The van der Waals surface area contributed by atoms with Gasteiger partial charge in [-0.2, -0.15) is 0 Å². The van der Waals surface area contributed by atoms with Crippen LogP contribution in [0.3, 0.4) is 0 Å². The molecule has 196 valence electrons. The van der Waals surface area contributed by atoms with Crippen LogP contribution in [0.1, 0.15) is 31.7 Å². The van der Waals surface area contributed by atoms with E-state index >= 15 is 0 Å². The topological polar surface area (TPSA) is 212 Å². The maximum absolute atomic E-state index is 12.1. The number of aliphatic carboxylic acids is 3. The fourth-order valence-corrected chi connectivity index (χ4v) is 2.80. The second-order valence-corrected chi connectivity index (χ2v) is 7.61. The minimum atomic E-state index is -1.50. The zero-order chi connectivity index (χ0) is 27.1. The summed E-state index contributed by atoms with van der Waals surface area (Å²) in [7, 11) is 0. The smallest absolute Gasteiger partial charge is 0.326 e. The molecule has 0 aliphatic carbocycles. The normalized spacial score (nSPS) is 12.9. The molecule has 2 atom stereocenters. The number of rotatable bonds is 15. The number of carbonyl (C=O) groups is 5. The number of carbonyl (C=O) groups excluding carboxylic acids is 2. The van der Waals surface area contributed by atoms with E-state index in [9.17, 15) is 29.1 Å². The second kappa shape index (κ2) is 15.5. The van der Waals surface area contributed by atoms with Gasteiger partial charge >= 0.3 is 23.9 Å². The van der Waals surface area contributed by atoms with Gasteiger partial charge in [0.1, 0.15) is 12.1 Å². The quantitative estimate of drug-likeness (QED) is 0.168. The molecule has 0 aliphatic rings. The Morgan fingerprint density at radius 2 is 1.58 bits per heavy atom. The first kappa shape index (κ1) is 29.6. The van der Waals surface area contributed by atoms with Gasteiger partial charge in [-0.3, -0.25) is 9.59 Å². The van der Waals surface area contributed by atoms with Crippen molar-refractivity contribution in [3.63, 3.8) is 0 Å². The van der Waals surface area contributed by atoms with Gasteiger partial charge in [0.25, 0.3) is 0 Å². The molecule has 0 spiro atoms. The highest BCUT2D eigenvalue weighted by Crippen LogP contribution is 2.13. The number of hydrogen-bond acceptors (Lipinski definition) is 7. The fourth-order valence-electron chi connectivity index (χ4n) is 2.80. The van der Waals surface area contributed by atoms with Crippen LogP contribution < -0.4 is 16.0 Å². The molecule has 0 aromatic heterocycles. The van der Waals surface area contributed by atoms with E-state index in [4.69, 9.17) is 20.1 Å². The standard InChI is InChI=1S/C23H29N3O10/c1-14(13-36-10-2-9-27)11-19(28)24-16-5-3-15(4-6-16)12-18(22(33)34)26-23(35)25-17(21(31)32)7-8-20(29)30/h2-6,10,13,17-18,27H,7-9,11-12H2,1H3,(H,24,28)(H,29,30)(H,31,32)(H,33,34)(H2,25,26,35)/b10-2+,14-13+. The van der Waals surface area contributed by atoms with E-state index in [2.05, 4.69) is 16.0 Å². The van der Waals surface area contributed by atoms with Crippen molar-refractivity contribution in [2.75, 3.05) is 11.9 Å². The molecule has 13 heteroatoms. The highest BCUT2D eigenvalue weighted by atomic mass is 16.5. The third-order valence-electron chi connectivity index (χ3n) is 4.52. The van der Waals surface area contributed by atoms with Crippen LogP contribution in [0.4, 0.5) is 10.5 Å². The van der Waals surface area contributed by atoms with E-state index in [0.717, 1.165) is 0 Å². The second-order valence-electron chi connectivity index (χ2n) is 7.61. The summed E-state index contributed by atoms with van der Waals surface area (Å²) in [5.41, 5.74) is 1.60. The number of aliphatic hydroxyl groups excluding tert-OH is 1. The first-order valence-corrected chi connectivity index (χ1v) is 10.7. The molecule has 0 heterocycles. The fraction of sp³-hybridized carbons (Fsp3) is 0.348. The van der Waals surface area contributed by atoms with Crippen molar-refractivity contribution in [1.82, 2.24) is 10.6 Å². The van der Waals surface area contributed by atoms with Gasteiger partial charge in [0.2, 0.25) is 5.91 Å². The molecule has 36 heavy (non-hydrogen) atoms. The number of nitrogens with one attached hydrogen (secondary N) is 3. The van der Waals surface area contributed by atoms with Gasteiger partial charge in [-0.15, -0.1) is 0 Å². The molecule has 13 nitrogen and oxygen atoms in total. The third-order valence-corrected chi connectivity index (χ3v) is 4.52. The zero-order valence-corrected chi connectivity index (χ0v) is 19.5. The van der Waals surface area contributed by atoms with Crippen LogP contribution in [0.5, 0.6) is 0 Å². The Bertz CT molecular complexity index is 988. The third kappa shape index (κ3) is 12.2. The molecule has 7 N–H and O–H groups in total.